The van der Waals surface area contributed by atoms with Crippen molar-refractivity contribution in [3.8, 4) is 0 Å². The first-order valence-corrected chi connectivity index (χ1v) is 6.33. The third kappa shape index (κ3) is 2.40. The van der Waals surface area contributed by atoms with E-state index in [1.165, 1.54) is 31.6 Å². The maximum Gasteiger partial charge on any atom is -0.0322 e. The van der Waals surface area contributed by atoms with Gasteiger partial charge in [0.25, 0.3) is 0 Å². The van der Waals surface area contributed by atoms with E-state index in [1.54, 1.807) is 0 Å². The SMILES string of the molecule is CC1CCCC(CP)C1CP. The molecule has 5 unspecified atom stereocenters. The lowest BCUT2D eigenvalue weighted by Crippen LogP contribution is -2.28. The van der Waals surface area contributed by atoms with Crippen LogP contribution in [0.2, 0.25) is 0 Å². The van der Waals surface area contributed by atoms with E-state index < -0.39 is 0 Å². The van der Waals surface area contributed by atoms with Gasteiger partial charge in [-0.15, -0.1) is 18.5 Å². The highest BCUT2D eigenvalue weighted by Crippen LogP contribution is 2.36. The molecule has 1 aliphatic rings. The van der Waals surface area contributed by atoms with E-state index in [-0.39, 0.29) is 0 Å². The Morgan fingerprint density at radius 1 is 1.18 bits per heavy atom. The fourth-order valence-electron chi connectivity index (χ4n) is 2.31. The maximum absolute atomic E-state index is 2.91. The molecule has 0 aromatic carbocycles. The molecule has 0 saturated heterocycles. The van der Waals surface area contributed by atoms with Gasteiger partial charge >= 0.3 is 0 Å². The normalized spacial score (nSPS) is 39.0. The molecule has 1 fully saturated rings. The van der Waals surface area contributed by atoms with Crippen molar-refractivity contribution < 1.29 is 0 Å². The molecule has 2 heteroatoms. The molecule has 0 aliphatic heterocycles. The summed E-state index contributed by atoms with van der Waals surface area (Å²) in [6.07, 6.45) is 7.00. The van der Waals surface area contributed by atoms with Crippen molar-refractivity contribution in [3.05, 3.63) is 0 Å². The van der Waals surface area contributed by atoms with E-state index in [0.29, 0.717) is 0 Å². The van der Waals surface area contributed by atoms with Crippen molar-refractivity contribution in [2.75, 3.05) is 12.3 Å². The summed E-state index contributed by atoms with van der Waals surface area (Å²) in [6.45, 7) is 2.42. The van der Waals surface area contributed by atoms with Crippen LogP contribution in [-0.4, -0.2) is 12.3 Å². The average Bonchev–Trinajstić information content (AvgIpc) is 2.04. The Balaban J connectivity index is 2.48. The predicted octanol–water partition coefficient (Wildman–Crippen LogP) is 2.79. The van der Waals surface area contributed by atoms with Gasteiger partial charge in [-0.25, -0.2) is 0 Å². The van der Waals surface area contributed by atoms with Crippen molar-refractivity contribution >= 4 is 18.5 Å². The first kappa shape index (κ1) is 9.94. The first-order valence-electron chi connectivity index (χ1n) is 4.69. The van der Waals surface area contributed by atoms with Crippen molar-refractivity contribution in [1.82, 2.24) is 0 Å². The summed E-state index contributed by atoms with van der Waals surface area (Å²) >= 11 is 0. The highest BCUT2D eigenvalue weighted by atomic mass is 31.0. The van der Waals surface area contributed by atoms with Crippen molar-refractivity contribution in [3.63, 3.8) is 0 Å². The van der Waals surface area contributed by atoms with Crippen LogP contribution in [0.3, 0.4) is 0 Å². The first-order chi connectivity index (χ1) is 5.29. The van der Waals surface area contributed by atoms with Crippen LogP contribution in [0.5, 0.6) is 0 Å². The third-order valence-electron chi connectivity index (χ3n) is 3.15. The third-order valence-corrected chi connectivity index (χ3v) is 4.30. The molecular weight excluding hydrogens is 170 g/mol. The largest absolute Gasteiger partial charge is 0.137 e. The van der Waals surface area contributed by atoms with Crippen molar-refractivity contribution in [2.24, 2.45) is 17.8 Å². The minimum atomic E-state index is 0.965. The molecule has 0 heterocycles. The van der Waals surface area contributed by atoms with Crippen LogP contribution in [0, 0.1) is 17.8 Å². The summed E-state index contributed by atoms with van der Waals surface area (Å²) < 4.78 is 0. The number of rotatable bonds is 2. The molecule has 0 aromatic heterocycles. The highest BCUT2D eigenvalue weighted by molar-refractivity contribution is 7.16. The molecule has 0 spiro atoms. The molecule has 1 saturated carbocycles. The summed E-state index contributed by atoms with van der Waals surface area (Å²) in [5.41, 5.74) is 0. The van der Waals surface area contributed by atoms with Gasteiger partial charge in [0.05, 0.1) is 0 Å². The lowest BCUT2D eigenvalue weighted by atomic mass is 9.74. The molecule has 0 radical (unpaired) electrons. The molecule has 0 bridgehead atoms. The van der Waals surface area contributed by atoms with Gasteiger partial charge in [-0.3, -0.25) is 0 Å². The van der Waals surface area contributed by atoms with Crippen LogP contribution in [-0.2, 0) is 0 Å². The van der Waals surface area contributed by atoms with E-state index in [4.69, 9.17) is 0 Å². The Hall–Kier alpha value is 0.860. The Labute approximate surface area is 75.3 Å². The van der Waals surface area contributed by atoms with Crippen LogP contribution in [0.1, 0.15) is 26.2 Å². The molecule has 5 atom stereocenters. The second-order valence-electron chi connectivity index (χ2n) is 3.80. The highest BCUT2D eigenvalue weighted by Gasteiger charge is 2.27. The lowest BCUT2D eigenvalue weighted by molar-refractivity contribution is 0.205. The quantitative estimate of drug-likeness (QED) is 0.587. The Kier molecular flexibility index (Phi) is 4.32. The monoisotopic (exact) mass is 190 g/mol. The van der Waals surface area contributed by atoms with Crippen molar-refractivity contribution in [2.45, 2.75) is 26.2 Å². The van der Waals surface area contributed by atoms with Crippen molar-refractivity contribution in [1.29, 1.82) is 0 Å². The molecule has 11 heavy (non-hydrogen) atoms. The van der Waals surface area contributed by atoms with E-state index in [2.05, 4.69) is 25.4 Å². The molecule has 66 valence electrons. The zero-order valence-electron chi connectivity index (χ0n) is 7.42. The van der Waals surface area contributed by atoms with Gasteiger partial charge < -0.3 is 0 Å². The zero-order chi connectivity index (χ0) is 8.27. The summed E-state index contributed by atoms with van der Waals surface area (Å²) in [6, 6.07) is 0. The molecule has 0 nitrogen and oxygen atoms in total. The summed E-state index contributed by atoms with van der Waals surface area (Å²) in [5.74, 6) is 2.93. The Morgan fingerprint density at radius 3 is 2.36 bits per heavy atom. The van der Waals surface area contributed by atoms with E-state index in [9.17, 15) is 0 Å². The van der Waals surface area contributed by atoms with Gasteiger partial charge in [-0.2, -0.15) is 0 Å². The molecule has 0 amide bonds. The molecular formula is C9H20P2. The smallest absolute Gasteiger partial charge is 0.0322 e. The van der Waals surface area contributed by atoms with Crippen LogP contribution >= 0.6 is 18.5 Å². The topological polar surface area (TPSA) is 0 Å². The van der Waals surface area contributed by atoms with Crippen LogP contribution in [0.15, 0.2) is 0 Å². The number of hydrogen-bond acceptors (Lipinski definition) is 0. The van der Waals surface area contributed by atoms with Gasteiger partial charge in [-0.1, -0.05) is 19.8 Å². The Morgan fingerprint density at radius 2 is 1.91 bits per heavy atom. The van der Waals surface area contributed by atoms with E-state index in [1.807, 2.05) is 0 Å². The summed E-state index contributed by atoms with van der Waals surface area (Å²) in [5, 5.41) is 0. The predicted molar refractivity (Wildman–Crippen MR) is 59.1 cm³/mol. The van der Waals surface area contributed by atoms with Gasteiger partial charge in [0.15, 0.2) is 0 Å². The van der Waals surface area contributed by atoms with E-state index >= 15 is 0 Å². The van der Waals surface area contributed by atoms with Gasteiger partial charge in [0.2, 0.25) is 0 Å². The van der Waals surface area contributed by atoms with Gasteiger partial charge in [0.1, 0.15) is 0 Å². The summed E-state index contributed by atoms with van der Waals surface area (Å²) in [4.78, 5) is 0. The second kappa shape index (κ2) is 4.78. The molecule has 1 rings (SSSR count). The van der Waals surface area contributed by atoms with Gasteiger partial charge in [-0.05, 0) is 36.5 Å². The fraction of sp³-hybridized carbons (Fsp3) is 1.00. The minimum absolute atomic E-state index is 0.965. The fourth-order valence-corrected chi connectivity index (χ4v) is 3.75. The minimum Gasteiger partial charge on any atom is -0.137 e. The molecule has 0 N–H and O–H groups in total. The van der Waals surface area contributed by atoms with Crippen LogP contribution in [0.25, 0.3) is 0 Å². The molecule has 1 aliphatic carbocycles. The Bertz CT molecular complexity index is 114. The van der Waals surface area contributed by atoms with Crippen LogP contribution < -0.4 is 0 Å². The second-order valence-corrected chi connectivity index (χ2v) is 4.75. The van der Waals surface area contributed by atoms with Gasteiger partial charge in [0, 0.05) is 0 Å². The average molecular weight is 190 g/mol. The summed E-state index contributed by atoms with van der Waals surface area (Å²) in [7, 11) is 5.82. The number of hydrogen-bond donors (Lipinski definition) is 0. The van der Waals surface area contributed by atoms with E-state index in [0.717, 1.165) is 17.8 Å². The standard InChI is InChI=1S/C9H20P2/c1-7-3-2-4-8(5-10)9(7)6-11/h7-9H,2-6,10-11H2,1H3. The lowest BCUT2D eigenvalue weighted by Gasteiger charge is -2.35. The zero-order valence-corrected chi connectivity index (χ0v) is 9.73. The molecule has 0 aromatic rings. The maximum atomic E-state index is 2.91. The van der Waals surface area contributed by atoms with Crippen LogP contribution in [0.4, 0.5) is 0 Å².